The highest BCUT2D eigenvalue weighted by Gasteiger charge is 2.50. The summed E-state index contributed by atoms with van der Waals surface area (Å²) in [4.78, 5) is 10.9. The second-order valence-electron chi connectivity index (χ2n) is 4.62. The number of hydrogen-bond donors (Lipinski definition) is 1. The average Bonchev–Trinajstić information content (AvgIpc) is 2.61. The van der Waals surface area contributed by atoms with Gasteiger partial charge in [0.25, 0.3) is 0 Å². The number of carbonyl (C=O) groups excluding carboxylic acids is 1. The molecule has 0 amide bonds. The number of nitrogens with one attached hydrogen (secondary N) is 1. The molecule has 3 nitrogen and oxygen atoms in total. The molecular weight excluding hydrogens is 320 g/mol. The number of carbonyl (C=O) groups is 1. The zero-order chi connectivity index (χ0) is 14.0. The number of benzene rings is 1. The van der Waals surface area contributed by atoms with Gasteiger partial charge in [-0.15, -0.1) is 0 Å². The van der Waals surface area contributed by atoms with Gasteiger partial charge in [-0.2, -0.15) is 8.78 Å². The summed E-state index contributed by atoms with van der Waals surface area (Å²) in [5.41, 5.74) is 1.04. The molecule has 1 fully saturated rings. The van der Waals surface area contributed by atoms with Crippen molar-refractivity contribution in [2.75, 3.05) is 6.54 Å². The number of hydrogen-bond acceptors (Lipinski definition) is 3. The second kappa shape index (κ2) is 5.54. The molecule has 1 heterocycles. The molecule has 0 aromatic heterocycles. The van der Waals surface area contributed by atoms with E-state index < -0.39 is 24.4 Å². The van der Waals surface area contributed by atoms with E-state index in [1.807, 2.05) is 31.2 Å². The molecule has 1 aromatic rings. The zero-order valence-corrected chi connectivity index (χ0v) is 11.9. The van der Waals surface area contributed by atoms with Gasteiger partial charge in [0.2, 0.25) is 0 Å². The van der Waals surface area contributed by atoms with Crippen LogP contribution in [-0.2, 0) is 9.53 Å². The molecule has 1 aromatic carbocycles. The van der Waals surface area contributed by atoms with Gasteiger partial charge in [-0.05, 0) is 24.6 Å². The van der Waals surface area contributed by atoms with Crippen LogP contribution < -0.4 is 5.32 Å². The van der Waals surface area contributed by atoms with Gasteiger partial charge < -0.3 is 10.1 Å². The predicted molar refractivity (Wildman–Crippen MR) is 70.0 cm³/mol. The van der Waals surface area contributed by atoms with Crippen LogP contribution in [0.2, 0.25) is 0 Å². The Kier molecular flexibility index (Phi) is 4.20. The SMILES string of the molecule is C[C@H](NCC1CC(F)(F)C(=O)O1)c1ccc(Br)cc1. The van der Waals surface area contributed by atoms with E-state index in [0.717, 1.165) is 10.0 Å². The summed E-state index contributed by atoms with van der Waals surface area (Å²) in [5, 5.41) is 3.09. The first-order valence-electron chi connectivity index (χ1n) is 5.96. The third kappa shape index (κ3) is 3.51. The molecule has 6 heteroatoms. The van der Waals surface area contributed by atoms with Crippen LogP contribution in [-0.4, -0.2) is 24.5 Å². The predicted octanol–water partition coefficient (Wildman–Crippen LogP) is 3.05. The van der Waals surface area contributed by atoms with Gasteiger partial charge in [0, 0.05) is 17.1 Å². The third-order valence-corrected chi connectivity index (χ3v) is 3.61. The van der Waals surface area contributed by atoms with E-state index in [1.54, 1.807) is 0 Å². The van der Waals surface area contributed by atoms with E-state index >= 15 is 0 Å². The molecule has 19 heavy (non-hydrogen) atoms. The highest BCUT2D eigenvalue weighted by atomic mass is 79.9. The Hall–Kier alpha value is -1.01. The van der Waals surface area contributed by atoms with Crippen molar-refractivity contribution in [1.82, 2.24) is 5.32 Å². The largest absolute Gasteiger partial charge is 0.456 e. The average molecular weight is 334 g/mol. The minimum Gasteiger partial charge on any atom is -0.456 e. The fraction of sp³-hybridized carbons (Fsp3) is 0.462. The van der Waals surface area contributed by atoms with E-state index in [-0.39, 0.29) is 12.6 Å². The summed E-state index contributed by atoms with van der Waals surface area (Å²) in [6.07, 6.45) is -1.31. The molecule has 1 saturated heterocycles. The Bertz CT molecular complexity index is 464. The summed E-state index contributed by atoms with van der Waals surface area (Å²) >= 11 is 3.35. The smallest absolute Gasteiger partial charge is 0.377 e. The van der Waals surface area contributed by atoms with Crippen LogP contribution in [0.3, 0.4) is 0 Å². The second-order valence-corrected chi connectivity index (χ2v) is 5.53. The lowest BCUT2D eigenvalue weighted by atomic mass is 10.1. The van der Waals surface area contributed by atoms with Gasteiger partial charge in [0.15, 0.2) is 0 Å². The molecule has 2 atom stereocenters. The quantitative estimate of drug-likeness (QED) is 0.860. The first kappa shape index (κ1) is 14.4. The van der Waals surface area contributed by atoms with Crippen molar-refractivity contribution in [1.29, 1.82) is 0 Å². The van der Waals surface area contributed by atoms with Crippen molar-refractivity contribution in [3.8, 4) is 0 Å². The van der Waals surface area contributed by atoms with E-state index in [9.17, 15) is 13.6 Å². The summed E-state index contributed by atoms with van der Waals surface area (Å²) < 4.78 is 31.5. The first-order chi connectivity index (χ1) is 8.88. The van der Waals surface area contributed by atoms with Crippen LogP contribution in [0.1, 0.15) is 24.9 Å². The Morgan fingerprint density at radius 3 is 2.63 bits per heavy atom. The minimum atomic E-state index is -3.34. The van der Waals surface area contributed by atoms with Gasteiger partial charge in [-0.3, -0.25) is 0 Å². The monoisotopic (exact) mass is 333 g/mol. The molecule has 0 radical (unpaired) electrons. The van der Waals surface area contributed by atoms with Crippen LogP contribution >= 0.6 is 15.9 Å². The summed E-state index contributed by atoms with van der Waals surface area (Å²) in [6.45, 7) is 2.15. The Morgan fingerprint density at radius 1 is 1.47 bits per heavy atom. The molecule has 0 saturated carbocycles. The van der Waals surface area contributed by atoms with Crippen molar-refractivity contribution in [2.45, 2.75) is 31.4 Å². The standard InChI is InChI=1S/C13H14BrF2NO2/c1-8(9-2-4-10(14)5-3-9)17-7-11-6-13(15,16)12(18)19-11/h2-5,8,11,17H,6-7H2,1H3/t8-,11?/m0/s1. The Labute approximate surface area is 118 Å². The molecule has 0 aliphatic carbocycles. The zero-order valence-electron chi connectivity index (χ0n) is 10.3. The Morgan fingerprint density at radius 2 is 2.11 bits per heavy atom. The van der Waals surface area contributed by atoms with Crippen LogP contribution in [0.15, 0.2) is 28.7 Å². The van der Waals surface area contributed by atoms with Gasteiger partial charge in [-0.25, -0.2) is 4.79 Å². The molecule has 1 unspecified atom stereocenters. The van der Waals surface area contributed by atoms with E-state index in [4.69, 9.17) is 0 Å². The van der Waals surface area contributed by atoms with Gasteiger partial charge >= 0.3 is 11.9 Å². The number of esters is 1. The number of alkyl halides is 2. The van der Waals surface area contributed by atoms with Crippen LogP contribution in [0.5, 0.6) is 0 Å². The lowest BCUT2D eigenvalue weighted by molar-refractivity contribution is -0.159. The molecule has 1 aliphatic heterocycles. The van der Waals surface area contributed by atoms with Crippen LogP contribution in [0.4, 0.5) is 8.78 Å². The number of rotatable bonds is 4. The number of cyclic esters (lactones) is 1. The molecule has 1 N–H and O–H groups in total. The van der Waals surface area contributed by atoms with Crippen molar-refractivity contribution in [3.05, 3.63) is 34.3 Å². The molecule has 0 spiro atoms. The molecule has 0 bridgehead atoms. The lowest BCUT2D eigenvalue weighted by Gasteiger charge is -2.16. The summed E-state index contributed by atoms with van der Waals surface area (Å²) in [7, 11) is 0. The lowest BCUT2D eigenvalue weighted by Crippen LogP contribution is -2.29. The highest BCUT2D eigenvalue weighted by molar-refractivity contribution is 9.10. The fourth-order valence-corrected chi connectivity index (χ4v) is 2.20. The molecule has 104 valence electrons. The van der Waals surface area contributed by atoms with Crippen molar-refractivity contribution in [3.63, 3.8) is 0 Å². The van der Waals surface area contributed by atoms with Crippen LogP contribution in [0.25, 0.3) is 0 Å². The van der Waals surface area contributed by atoms with E-state index in [1.165, 1.54) is 0 Å². The number of ether oxygens (including phenoxy) is 1. The van der Waals surface area contributed by atoms with Crippen LogP contribution in [0, 0.1) is 0 Å². The maximum Gasteiger partial charge on any atom is 0.377 e. The number of halogens is 3. The van der Waals surface area contributed by atoms with Crippen molar-refractivity contribution in [2.24, 2.45) is 0 Å². The third-order valence-electron chi connectivity index (χ3n) is 3.08. The summed E-state index contributed by atoms with van der Waals surface area (Å²) in [5.74, 6) is -4.76. The fourth-order valence-electron chi connectivity index (χ4n) is 1.94. The topological polar surface area (TPSA) is 38.3 Å². The Balaban J connectivity index is 1.86. The van der Waals surface area contributed by atoms with Crippen molar-refractivity contribution < 1.29 is 18.3 Å². The molecule has 2 rings (SSSR count). The van der Waals surface area contributed by atoms with Gasteiger partial charge in [0.05, 0.1) is 6.42 Å². The van der Waals surface area contributed by atoms with Crippen molar-refractivity contribution >= 4 is 21.9 Å². The maximum absolute atomic E-state index is 13.0. The van der Waals surface area contributed by atoms with E-state index in [0.29, 0.717) is 0 Å². The van der Waals surface area contributed by atoms with Gasteiger partial charge in [0.1, 0.15) is 6.10 Å². The molecule has 1 aliphatic rings. The normalized spacial score (nSPS) is 23.2. The minimum absolute atomic E-state index is 0.000949. The van der Waals surface area contributed by atoms with E-state index in [2.05, 4.69) is 26.0 Å². The first-order valence-corrected chi connectivity index (χ1v) is 6.75. The van der Waals surface area contributed by atoms with Gasteiger partial charge in [-0.1, -0.05) is 28.1 Å². The highest BCUT2D eigenvalue weighted by Crippen LogP contribution is 2.30. The maximum atomic E-state index is 13.0. The molecular formula is C13H14BrF2NO2. The summed E-state index contributed by atoms with van der Waals surface area (Å²) in [6, 6.07) is 7.71.